The van der Waals surface area contributed by atoms with E-state index >= 15 is 0 Å². The van der Waals surface area contributed by atoms with Crippen molar-refractivity contribution in [2.75, 3.05) is 0 Å². The van der Waals surface area contributed by atoms with Crippen LogP contribution in [0.1, 0.15) is 5.56 Å². The van der Waals surface area contributed by atoms with Crippen molar-refractivity contribution in [3.8, 4) is 44.8 Å². The molecule has 2 aromatic heterocycles. The van der Waals surface area contributed by atoms with Gasteiger partial charge in [0.2, 0.25) is 0 Å². The molecule has 0 unspecified atom stereocenters. The SMILES string of the molecule is Cc1cccc(-n2c3ccccc3c3cc(-c4ccc5c(c4)c4ccccc4n5-c4ccc(-c5c6ccccc6c(-c6ccccc6)c6ccccc56)cc4)ccc32)c1. The summed E-state index contributed by atoms with van der Waals surface area (Å²) >= 11 is 0. The molecule has 0 fully saturated rings. The Hall–Kier alpha value is -7.68. The van der Waals surface area contributed by atoms with Gasteiger partial charge >= 0.3 is 0 Å². The van der Waals surface area contributed by atoms with E-state index in [1.807, 2.05) is 0 Å². The number of rotatable bonds is 5. The fourth-order valence-electron chi connectivity index (χ4n) is 9.76. The van der Waals surface area contributed by atoms with Gasteiger partial charge in [-0.1, -0.05) is 152 Å². The molecule has 0 aliphatic carbocycles. The molecule has 0 aliphatic rings. The lowest BCUT2D eigenvalue weighted by Gasteiger charge is -2.18. The smallest absolute Gasteiger partial charge is 0.0541 e. The van der Waals surface area contributed by atoms with Crippen LogP contribution in [0.25, 0.3) is 110 Å². The van der Waals surface area contributed by atoms with E-state index in [0.29, 0.717) is 0 Å². The average molecular weight is 751 g/mol. The van der Waals surface area contributed by atoms with E-state index in [9.17, 15) is 0 Å². The fraction of sp³-hybridized carbons (Fsp3) is 0.0175. The van der Waals surface area contributed by atoms with Crippen molar-refractivity contribution in [1.29, 1.82) is 0 Å². The van der Waals surface area contributed by atoms with Gasteiger partial charge in [0.1, 0.15) is 0 Å². The van der Waals surface area contributed by atoms with Crippen molar-refractivity contribution in [2.24, 2.45) is 0 Å². The first-order valence-corrected chi connectivity index (χ1v) is 20.4. The van der Waals surface area contributed by atoms with Gasteiger partial charge in [0.25, 0.3) is 0 Å². The second-order valence-electron chi connectivity index (χ2n) is 15.8. The molecule has 10 aromatic carbocycles. The Labute approximate surface area is 342 Å². The van der Waals surface area contributed by atoms with E-state index in [4.69, 9.17) is 0 Å². The largest absolute Gasteiger partial charge is 0.309 e. The van der Waals surface area contributed by atoms with Gasteiger partial charge in [-0.25, -0.2) is 0 Å². The number of hydrogen-bond acceptors (Lipinski definition) is 0. The molecule has 59 heavy (non-hydrogen) atoms. The van der Waals surface area contributed by atoms with E-state index in [0.717, 1.165) is 5.69 Å². The predicted molar refractivity (Wildman–Crippen MR) is 251 cm³/mol. The first kappa shape index (κ1) is 33.5. The molecule has 0 spiro atoms. The monoisotopic (exact) mass is 750 g/mol. The predicted octanol–water partition coefficient (Wildman–Crippen LogP) is 15.5. The molecular weight excluding hydrogens is 713 g/mol. The molecule has 0 amide bonds. The second-order valence-corrected chi connectivity index (χ2v) is 15.8. The van der Waals surface area contributed by atoms with Crippen LogP contribution in [0.15, 0.2) is 212 Å². The zero-order valence-corrected chi connectivity index (χ0v) is 32.6. The van der Waals surface area contributed by atoms with E-state index < -0.39 is 0 Å². The number of benzene rings is 10. The maximum atomic E-state index is 2.42. The summed E-state index contributed by atoms with van der Waals surface area (Å²) in [4.78, 5) is 0. The molecule has 12 rings (SSSR count). The molecule has 0 saturated carbocycles. The standard InChI is InChI=1S/C57H38N2/c1-37-14-13-17-43(34-37)59-53-25-12-10-19-45(53)51-36-41(29-33-55(51)59)40-28-32-54-50(35-40)44-18-9-11-24-52(44)58(54)42-30-26-39(27-31-42)57-48-22-7-5-20-46(48)56(38-15-3-2-4-16-38)47-21-6-8-23-49(47)57/h2-36H,1H3. The normalized spacial score (nSPS) is 11.8. The van der Waals surface area contributed by atoms with Crippen molar-refractivity contribution in [2.45, 2.75) is 6.92 Å². The quantitative estimate of drug-likeness (QED) is 0.155. The number of nitrogens with zero attached hydrogens (tertiary/aromatic N) is 2. The van der Waals surface area contributed by atoms with Gasteiger partial charge in [-0.05, 0) is 128 Å². The maximum absolute atomic E-state index is 2.42. The topological polar surface area (TPSA) is 9.86 Å². The third kappa shape index (κ3) is 5.20. The Bertz CT molecular complexity index is 3550. The molecule has 2 heterocycles. The molecule has 12 aromatic rings. The van der Waals surface area contributed by atoms with Gasteiger partial charge in [-0.15, -0.1) is 0 Å². The van der Waals surface area contributed by atoms with Crippen LogP contribution in [0.2, 0.25) is 0 Å². The molecule has 0 bridgehead atoms. The highest BCUT2D eigenvalue weighted by molar-refractivity contribution is 6.21. The van der Waals surface area contributed by atoms with Gasteiger partial charge in [0, 0.05) is 32.9 Å². The molecule has 276 valence electrons. The summed E-state index contributed by atoms with van der Waals surface area (Å²) in [6.45, 7) is 2.16. The lowest BCUT2D eigenvalue weighted by atomic mass is 9.86. The summed E-state index contributed by atoms with van der Waals surface area (Å²) in [5.41, 5.74) is 15.9. The van der Waals surface area contributed by atoms with Crippen LogP contribution >= 0.6 is 0 Å². The molecule has 0 saturated heterocycles. The minimum absolute atomic E-state index is 1.15. The highest BCUT2D eigenvalue weighted by Gasteiger charge is 2.19. The zero-order valence-electron chi connectivity index (χ0n) is 32.6. The Morgan fingerprint density at radius 1 is 0.254 bits per heavy atom. The van der Waals surface area contributed by atoms with Crippen LogP contribution in [-0.2, 0) is 0 Å². The van der Waals surface area contributed by atoms with Crippen molar-refractivity contribution in [3.63, 3.8) is 0 Å². The fourth-order valence-corrected chi connectivity index (χ4v) is 9.76. The van der Waals surface area contributed by atoms with Gasteiger partial charge < -0.3 is 9.13 Å². The number of aromatic nitrogens is 2. The first-order valence-electron chi connectivity index (χ1n) is 20.4. The summed E-state index contributed by atoms with van der Waals surface area (Å²) < 4.78 is 4.82. The third-order valence-electron chi connectivity index (χ3n) is 12.3. The summed E-state index contributed by atoms with van der Waals surface area (Å²) in [6, 6.07) is 78.1. The van der Waals surface area contributed by atoms with Gasteiger partial charge in [0.15, 0.2) is 0 Å². The summed E-state index contributed by atoms with van der Waals surface area (Å²) in [5.74, 6) is 0. The van der Waals surface area contributed by atoms with Crippen molar-refractivity contribution in [1.82, 2.24) is 9.13 Å². The maximum Gasteiger partial charge on any atom is 0.0541 e. The van der Waals surface area contributed by atoms with E-state index in [-0.39, 0.29) is 0 Å². The average Bonchev–Trinajstić information content (AvgIpc) is 3.81. The lowest BCUT2D eigenvalue weighted by molar-refractivity contribution is 1.17. The van der Waals surface area contributed by atoms with Crippen LogP contribution in [0.5, 0.6) is 0 Å². The first-order chi connectivity index (χ1) is 29.2. The Kier molecular flexibility index (Phi) is 7.48. The minimum atomic E-state index is 1.15. The molecule has 0 aliphatic heterocycles. The van der Waals surface area contributed by atoms with Crippen LogP contribution in [-0.4, -0.2) is 9.13 Å². The number of fused-ring (bicyclic) bond motifs is 8. The van der Waals surface area contributed by atoms with Crippen LogP contribution < -0.4 is 0 Å². The minimum Gasteiger partial charge on any atom is -0.309 e. The molecule has 0 N–H and O–H groups in total. The Balaban J connectivity index is 0.990. The van der Waals surface area contributed by atoms with Crippen molar-refractivity contribution < 1.29 is 0 Å². The Morgan fingerprint density at radius 2 is 0.661 bits per heavy atom. The van der Waals surface area contributed by atoms with Crippen molar-refractivity contribution in [3.05, 3.63) is 218 Å². The molecule has 2 heteroatoms. The number of aryl methyl sites for hydroxylation is 1. The highest BCUT2D eigenvalue weighted by Crippen LogP contribution is 2.44. The van der Waals surface area contributed by atoms with Crippen LogP contribution in [0, 0.1) is 6.92 Å². The van der Waals surface area contributed by atoms with Crippen molar-refractivity contribution >= 4 is 65.2 Å². The van der Waals surface area contributed by atoms with E-state index in [1.165, 1.54) is 110 Å². The van der Waals surface area contributed by atoms with Crippen LogP contribution in [0.3, 0.4) is 0 Å². The van der Waals surface area contributed by atoms with Gasteiger partial charge in [0.05, 0.1) is 22.1 Å². The molecular formula is C57H38N2. The lowest BCUT2D eigenvalue weighted by Crippen LogP contribution is -1.95. The highest BCUT2D eigenvalue weighted by atomic mass is 15.0. The van der Waals surface area contributed by atoms with E-state index in [1.54, 1.807) is 0 Å². The van der Waals surface area contributed by atoms with Gasteiger partial charge in [-0.2, -0.15) is 0 Å². The molecule has 0 radical (unpaired) electrons. The molecule has 0 atom stereocenters. The summed E-state index contributed by atoms with van der Waals surface area (Å²) in [7, 11) is 0. The Morgan fingerprint density at radius 3 is 1.17 bits per heavy atom. The summed E-state index contributed by atoms with van der Waals surface area (Å²) in [6.07, 6.45) is 0. The van der Waals surface area contributed by atoms with E-state index in [2.05, 4.69) is 228 Å². The number of para-hydroxylation sites is 2. The zero-order chi connectivity index (χ0) is 39.0. The van der Waals surface area contributed by atoms with Gasteiger partial charge in [-0.3, -0.25) is 0 Å². The molecule has 2 nitrogen and oxygen atoms in total. The van der Waals surface area contributed by atoms with Crippen LogP contribution in [0.4, 0.5) is 0 Å². The third-order valence-corrected chi connectivity index (χ3v) is 12.3. The number of hydrogen-bond donors (Lipinski definition) is 0. The summed E-state index contributed by atoms with van der Waals surface area (Å²) in [5, 5.41) is 10.1. The second kappa shape index (κ2) is 13.2.